The Morgan fingerprint density at radius 2 is 2.36 bits per heavy atom. The van der Waals surface area contributed by atoms with Gasteiger partial charge in [0, 0.05) is 11.8 Å². The Labute approximate surface area is 81.4 Å². The summed E-state index contributed by atoms with van der Waals surface area (Å²) in [4.78, 5) is 4.04. The molecule has 76 valence electrons. The van der Waals surface area contributed by atoms with Gasteiger partial charge in [-0.05, 0) is 31.5 Å². The number of nitrogens with zero attached hydrogens (tertiary/aromatic N) is 1. The lowest BCUT2D eigenvalue weighted by molar-refractivity contribution is 0.149. The third-order valence-electron chi connectivity index (χ3n) is 2.50. The van der Waals surface area contributed by atoms with Crippen LogP contribution < -0.4 is 5.32 Å². The van der Waals surface area contributed by atoms with Crippen LogP contribution in [0, 0.1) is 0 Å². The van der Waals surface area contributed by atoms with Crippen molar-refractivity contribution in [2.45, 2.75) is 25.3 Å². The van der Waals surface area contributed by atoms with Gasteiger partial charge in [0.2, 0.25) is 0 Å². The monoisotopic (exact) mass is 198 g/mol. The molecule has 0 spiro atoms. The maximum absolute atomic E-state index is 12.6. The van der Waals surface area contributed by atoms with Crippen molar-refractivity contribution in [2.24, 2.45) is 0 Å². The summed E-state index contributed by atoms with van der Waals surface area (Å²) in [5.74, 6) is 0. The molecule has 1 N–H and O–H groups in total. The van der Waals surface area contributed by atoms with Crippen molar-refractivity contribution >= 4 is 0 Å². The van der Waals surface area contributed by atoms with E-state index in [-0.39, 0.29) is 11.6 Å². The predicted octanol–water partition coefficient (Wildman–Crippen LogP) is 2.44. The minimum Gasteiger partial charge on any atom is -0.309 e. The molecule has 1 aromatic rings. The molecule has 1 atom stereocenters. The van der Waals surface area contributed by atoms with Crippen molar-refractivity contribution in [1.82, 2.24) is 10.3 Å². The first-order valence-corrected chi connectivity index (χ1v) is 4.75. The topological polar surface area (TPSA) is 24.9 Å². The highest BCUT2D eigenvalue weighted by Gasteiger charge is 2.23. The molecule has 2 rings (SSSR count). The Kier molecular flexibility index (Phi) is 2.72. The zero-order valence-electron chi connectivity index (χ0n) is 7.71. The number of rotatable bonds is 2. The number of pyridine rings is 1. The maximum atomic E-state index is 12.6. The van der Waals surface area contributed by atoms with Gasteiger partial charge in [0.1, 0.15) is 0 Å². The summed E-state index contributed by atoms with van der Waals surface area (Å²) < 4.78 is 25.2. The average Bonchev–Trinajstić information content (AvgIpc) is 2.70. The van der Waals surface area contributed by atoms with Crippen LogP contribution in [-0.4, -0.2) is 11.5 Å². The van der Waals surface area contributed by atoms with Gasteiger partial charge in [-0.2, -0.15) is 0 Å². The summed E-state index contributed by atoms with van der Waals surface area (Å²) in [6.07, 6.45) is 1.07. The average molecular weight is 198 g/mol. The van der Waals surface area contributed by atoms with E-state index >= 15 is 0 Å². The van der Waals surface area contributed by atoms with E-state index in [1.165, 1.54) is 6.07 Å². The second-order valence-corrected chi connectivity index (χ2v) is 3.43. The van der Waals surface area contributed by atoms with E-state index in [1.807, 2.05) is 0 Å². The van der Waals surface area contributed by atoms with Crippen molar-refractivity contribution in [3.63, 3.8) is 0 Å². The second-order valence-electron chi connectivity index (χ2n) is 3.43. The minimum absolute atomic E-state index is 0.0141. The molecule has 0 bridgehead atoms. The lowest BCUT2D eigenvalue weighted by atomic mass is 10.1. The molecule has 0 radical (unpaired) electrons. The van der Waals surface area contributed by atoms with Gasteiger partial charge in [0.25, 0.3) is 6.43 Å². The van der Waals surface area contributed by atoms with Crippen LogP contribution in [0.2, 0.25) is 0 Å². The molecule has 0 saturated carbocycles. The molecular formula is C10H12F2N2. The van der Waals surface area contributed by atoms with Crippen molar-refractivity contribution < 1.29 is 8.78 Å². The summed E-state index contributed by atoms with van der Waals surface area (Å²) >= 11 is 0. The zero-order chi connectivity index (χ0) is 9.97. The van der Waals surface area contributed by atoms with Gasteiger partial charge < -0.3 is 5.32 Å². The molecule has 1 fully saturated rings. The molecule has 0 aliphatic carbocycles. The first-order chi connectivity index (χ1) is 6.79. The van der Waals surface area contributed by atoms with E-state index in [2.05, 4.69) is 10.3 Å². The molecular weight excluding hydrogens is 186 g/mol. The highest BCUT2D eigenvalue weighted by atomic mass is 19.3. The van der Waals surface area contributed by atoms with Crippen LogP contribution in [0.3, 0.4) is 0 Å². The smallest absolute Gasteiger partial charge is 0.265 e. The van der Waals surface area contributed by atoms with Crippen LogP contribution in [0.1, 0.15) is 36.6 Å². The number of alkyl halides is 2. The Balaban J connectivity index is 2.30. The standard InChI is InChI=1S/C10H12F2N2/c11-10(12)7-3-1-6-14-9(7)8-4-2-5-13-8/h1,3,6,8,10,13H,2,4-5H2. The predicted molar refractivity (Wildman–Crippen MR) is 49.2 cm³/mol. The molecule has 1 aromatic heterocycles. The van der Waals surface area contributed by atoms with Crippen LogP contribution >= 0.6 is 0 Å². The van der Waals surface area contributed by atoms with Gasteiger partial charge in [0.15, 0.2) is 0 Å². The lowest BCUT2D eigenvalue weighted by Crippen LogP contribution is -2.16. The molecule has 0 aromatic carbocycles. The lowest BCUT2D eigenvalue weighted by Gasteiger charge is -2.13. The summed E-state index contributed by atoms with van der Waals surface area (Å²) in [7, 11) is 0. The van der Waals surface area contributed by atoms with Gasteiger partial charge in [-0.15, -0.1) is 0 Å². The van der Waals surface area contributed by atoms with Crippen molar-refractivity contribution in [1.29, 1.82) is 0 Å². The van der Waals surface area contributed by atoms with Gasteiger partial charge in [-0.25, -0.2) is 8.78 Å². The third kappa shape index (κ3) is 1.75. The van der Waals surface area contributed by atoms with E-state index in [4.69, 9.17) is 0 Å². The molecule has 2 nitrogen and oxygen atoms in total. The quantitative estimate of drug-likeness (QED) is 0.789. The Morgan fingerprint density at radius 3 is 3.00 bits per heavy atom. The van der Waals surface area contributed by atoms with E-state index in [0.717, 1.165) is 19.4 Å². The molecule has 4 heteroatoms. The number of hydrogen-bond donors (Lipinski definition) is 1. The molecule has 0 amide bonds. The molecule has 1 aliphatic heterocycles. The van der Waals surface area contributed by atoms with E-state index in [0.29, 0.717) is 5.69 Å². The first-order valence-electron chi connectivity index (χ1n) is 4.75. The molecule has 1 saturated heterocycles. The third-order valence-corrected chi connectivity index (χ3v) is 2.50. The minimum atomic E-state index is -2.43. The van der Waals surface area contributed by atoms with Crippen LogP contribution in [0.5, 0.6) is 0 Å². The van der Waals surface area contributed by atoms with Crippen LogP contribution in [0.15, 0.2) is 18.3 Å². The van der Waals surface area contributed by atoms with Crippen molar-refractivity contribution in [2.75, 3.05) is 6.54 Å². The fourth-order valence-corrected chi connectivity index (χ4v) is 1.82. The summed E-state index contributed by atoms with van der Waals surface area (Å²) in [6.45, 7) is 0.893. The fourth-order valence-electron chi connectivity index (χ4n) is 1.82. The van der Waals surface area contributed by atoms with Gasteiger partial charge in [-0.1, -0.05) is 0 Å². The summed E-state index contributed by atoms with van der Waals surface area (Å²) in [5, 5.41) is 3.17. The largest absolute Gasteiger partial charge is 0.309 e. The maximum Gasteiger partial charge on any atom is 0.265 e. The SMILES string of the molecule is FC(F)c1cccnc1C1CCCN1. The number of hydrogen-bond acceptors (Lipinski definition) is 2. The normalized spacial score (nSPS) is 21.8. The number of halogens is 2. The summed E-state index contributed by atoms with van der Waals surface area (Å²) in [5.41, 5.74) is 0.576. The van der Waals surface area contributed by atoms with Gasteiger partial charge in [-0.3, -0.25) is 4.98 Å². The van der Waals surface area contributed by atoms with Crippen LogP contribution in [0.4, 0.5) is 8.78 Å². The van der Waals surface area contributed by atoms with Gasteiger partial charge in [0.05, 0.1) is 11.7 Å². The molecule has 1 aliphatic rings. The van der Waals surface area contributed by atoms with E-state index < -0.39 is 6.43 Å². The van der Waals surface area contributed by atoms with Crippen molar-refractivity contribution in [3.05, 3.63) is 29.6 Å². The Hall–Kier alpha value is -1.03. The highest BCUT2D eigenvalue weighted by molar-refractivity contribution is 5.24. The van der Waals surface area contributed by atoms with Gasteiger partial charge >= 0.3 is 0 Å². The number of nitrogens with one attached hydrogen (secondary N) is 1. The van der Waals surface area contributed by atoms with E-state index in [1.54, 1.807) is 12.3 Å². The summed E-state index contributed by atoms with van der Waals surface area (Å²) in [6, 6.07) is 3.02. The Morgan fingerprint density at radius 1 is 1.50 bits per heavy atom. The number of aromatic nitrogens is 1. The van der Waals surface area contributed by atoms with Crippen LogP contribution in [0.25, 0.3) is 0 Å². The van der Waals surface area contributed by atoms with Crippen LogP contribution in [-0.2, 0) is 0 Å². The Bertz CT molecular complexity index is 309. The van der Waals surface area contributed by atoms with E-state index in [9.17, 15) is 8.78 Å². The first kappa shape index (κ1) is 9.52. The van der Waals surface area contributed by atoms with Crippen molar-refractivity contribution in [3.8, 4) is 0 Å². The molecule has 1 unspecified atom stereocenters. The highest BCUT2D eigenvalue weighted by Crippen LogP contribution is 2.29. The molecule has 2 heterocycles. The molecule has 14 heavy (non-hydrogen) atoms. The second kappa shape index (κ2) is 4.00. The fraction of sp³-hybridized carbons (Fsp3) is 0.500. The zero-order valence-corrected chi connectivity index (χ0v) is 7.71.